The maximum atomic E-state index is 6.52. The van der Waals surface area contributed by atoms with E-state index in [2.05, 4.69) is 76.4 Å². The van der Waals surface area contributed by atoms with Crippen molar-refractivity contribution >= 4 is 26.5 Å². The zero-order chi connectivity index (χ0) is 22.5. The third-order valence-electron chi connectivity index (χ3n) is 5.96. The Labute approximate surface area is 192 Å². The van der Waals surface area contributed by atoms with Gasteiger partial charge in [0, 0.05) is 0 Å². The van der Waals surface area contributed by atoms with Crippen LogP contribution < -0.4 is 0 Å². The Morgan fingerprint density at radius 1 is 0.900 bits per heavy atom. The topological polar surface area (TPSA) is 18.5 Å². The summed E-state index contributed by atoms with van der Waals surface area (Å²) in [4.78, 5) is 0. The summed E-state index contributed by atoms with van der Waals surface area (Å²) in [6, 6.07) is 10.9. The average molecular weight is 539 g/mol. The van der Waals surface area contributed by atoms with Gasteiger partial charge in [-0.1, -0.05) is 0 Å². The van der Waals surface area contributed by atoms with E-state index in [1.165, 1.54) is 57.4 Å². The molecule has 0 N–H and O–H groups in total. The second kappa shape index (κ2) is 14.9. The molecule has 1 aromatic rings. The quantitative estimate of drug-likeness (QED) is 0.155. The van der Waals surface area contributed by atoms with Crippen molar-refractivity contribution in [1.29, 1.82) is 0 Å². The summed E-state index contributed by atoms with van der Waals surface area (Å²) in [7, 11) is 0.329. The summed E-state index contributed by atoms with van der Waals surface area (Å²) >= 11 is -2.65. The summed E-state index contributed by atoms with van der Waals surface area (Å²) in [6.45, 7) is 14.9. The molecule has 1 atom stereocenters. The molecule has 0 bridgehead atoms. The van der Waals surface area contributed by atoms with Gasteiger partial charge in [0.25, 0.3) is 0 Å². The predicted molar refractivity (Wildman–Crippen MR) is 138 cm³/mol. The molecule has 30 heavy (non-hydrogen) atoms. The Bertz CT molecular complexity index is 573. The third-order valence-corrected chi connectivity index (χ3v) is 23.8. The summed E-state index contributed by atoms with van der Waals surface area (Å²) in [5.74, 6) is 0. The molecular formula is C26H48O2SiSn. The van der Waals surface area contributed by atoms with Gasteiger partial charge in [0.15, 0.2) is 0 Å². The van der Waals surface area contributed by atoms with Crippen molar-refractivity contribution < 1.29 is 9.47 Å². The Morgan fingerprint density at radius 2 is 1.40 bits per heavy atom. The van der Waals surface area contributed by atoms with Gasteiger partial charge in [-0.2, -0.15) is 0 Å². The van der Waals surface area contributed by atoms with E-state index in [4.69, 9.17) is 9.47 Å². The zero-order valence-corrected chi connectivity index (χ0v) is 24.8. The first-order chi connectivity index (χ1) is 14.3. The maximum absolute atomic E-state index is 6.52. The molecule has 0 aliphatic rings. The molecule has 0 spiro atoms. The van der Waals surface area contributed by atoms with Crippen molar-refractivity contribution in [1.82, 2.24) is 0 Å². The van der Waals surface area contributed by atoms with Crippen LogP contribution in [0, 0.1) is 0 Å². The number of hydrogen-bond acceptors (Lipinski definition) is 2. The van der Waals surface area contributed by atoms with E-state index < -0.39 is 26.5 Å². The molecule has 4 heteroatoms. The molecule has 172 valence electrons. The first kappa shape index (κ1) is 27.9. The molecule has 0 radical (unpaired) electrons. The second-order valence-electron chi connectivity index (χ2n) is 9.92. The van der Waals surface area contributed by atoms with Gasteiger partial charge in [-0.05, 0) is 0 Å². The molecule has 0 heterocycles. The minimum atomic E-state index is -2.65. The fourth-order valence-electron chi connectivity index (χ4n) is 4.46. The molecule has 1 aromatic carbocycles. The van der Waals surface area contributed by atoms with Gasteiger partial charge in [-0.15, -0.1) is 0 Å². The van der Waals surface area contributed by atoms with Crippen molar-refractivity contribution in [2.75, 3.05) is 13.9 Å². The van der Waals surface area contributed by atoms with Crippen LogP contribution in [0.1, 0.15) is 71.0 Å². The van der Waals surface area contributed by atoms with E-state index >= 15 is 0 Å². The van der Waals surface area contributed by atoms with Gasteiger partial charge in [0.1, 0.15) is 0 Å². The predicted octanol–water partition coefficient (Wildman–Crippen LogP) is 8.54. The number of benzene rings is 1. The first-order valence-electron chi connectivity index (χ1n) is 12.2. The summed E-state index contributed by atoms with van der Waals surface area (Å²) in [5.41, 5.74) is 4.07. The van der Waals surface area contributed by atoms with Crippen LogP contribution in [0.3, 0.4) is 0 Å². The fourth-order valence-corrected chi connectivity index (χ4v) is 27.9. The van der Waals surface area contributed by atoms with E-state index in [1.807, 2.05) is 0 Å². The van der Waals surface area contributed by atoms with Crippen LogP contribution in [0.4, 0.5) is 0 Å². The molecule has 1 unspecified atom stereocenters. The number of methoxy groups -OCH3 is 1. The fraction of sp³-hybridized carbons (Fsp3) is 0.692. The van der Waals surface area contributed by atoms with E-state index in [0.717, 1.165) is 0 Å². The molecule has 0 aromatic heterocycles. The van der Waals surface area contributed by atoms with Crippen LogP contribution in [0.25, 0.3) is 0 Å². The Morgan fingerprint density at radius 3 is 1.80 bits per heavy atom. The zero-order valence-electron chi connectivity index (χ0n) is 20.9. The van der Waals surface area contributed by atoms with Gasteiger partial charge in [0.2, 0.25) is 0 Å². The summed E-state index contributed by atoms with van der Waals surface area (Å²) in [5, 5.41) is 0. The second-order valence-corrected chi connectivity index (χ2v) is 28.2. The van der Waals surface area contributed by atoms with Crippen LogP contribution in [0.2, 0.25) is 33.0 Å². The molecule has 0 amide bonds. The van der Waals surface area contributed by atoms with Crippen LogP contribution in [0.15, 0.2) is 39.6 Å². The van der Waals surface area contributed by atoms with Crippen LogP contribution >= 0.6 is 0 Å². The Balaban J connectivity index is 3.63. The Hall–Kier alpha value is -0.104. The van der Waals surface area contributed by atoms with Crippen molar-refractivity contribution in [3.63, 3.8) is 0 Å². The van der Waals surface area contributed by atoms with E-state index in [0.29, 0.717) is 6.79 Å². The Kier molecular flexibility index (Phi) is 13.8. The molecule has 1 rings (SSSR count). The first-order valence-corrected chi connectivity index (χ1v) is 23.3. The SMILES string of the molecule is CCC[CH2][Sn]([CH2]CCC)([CH2]CCC)/[C](=C\[Si](C)(C)C)C(OCOC)c1ccccc1. The van der Waals surface area contributed by atoms with E-state index in [9.17, 15) is 0 Å². The van der Waals surface area contributed by atoms with Crippen molar-refractivity contribution in [2.24, 2.45) is 0 Å². The number of unbranched alkanes of at least 4 members (excludes halogenated alkanes) is 3. The minimum absolute atomic E-state index is 0.0687. The van der Waals surface area contributed by atoms with Gasteiger partial charge in [-0.3, -0.25) is 0 Å². The molecule has 0 aliphatic heterocycles. The van der Waals surface area contributed by atoms with E-state index in [-0.39, 0.29) is 6.10 Å². The van der Waals surface area contributed by atoms with Gasteiger partial charge >= 0.3 is 193 Å². The van der Waals surface area contributed by atoms with Crippen LogP contribution in [-0.2, 0) is 9.47 Å². The van der Waals surface area contributed by atoms with Gasteiger partial charge in [-0.25, -0.2) is 0 Å². The monoisotopic (exact) mass is 540 g/mol. The summed E-state index contributed by atoms with van der Waals surface area (Å²) < 4.78 is 18.1. The number of rotatable bonds is 16. The number of hydrogen-bond donors (Lipinski definition) is 0. The van der Waals surface area contributed by atoms with Crippen LogP contribution in [-0.4, -0.2) is 40.4 Å². The molecular weight excluding hydrogens is 491 g/mol. The van der Waals surface area contributed by atoms with Gasteiger partial charge < -0.3 is 0 Å². The molecule has 0 saturated carbocycles. The summed E-state index contributed by atoms with van der Waals surface area (Å²) in [6.07, 6.45) is 8.08. The van der Waals surface area contributed by atoms with Crippen molar-refractivity contribution in [3.05, 3.63) is 45.2 Å². The third kappa shape index (κ3) is 9.58. The molecule has 2 nitrogen and oxygen atoms in total. The molecule has 0 aliphatic carbocycles. The molecule has 0 fully saturated rings. The normalized spacial score (nSPS) is 14.2. The van der Waals surface area contributed by atoms with Crippen molar-refractivity contribution in [2.45, 2.75) is 98.4 Å². The van der Waals surface area contributed by atoms with E-state index in [1.54, 1.807) is 10.7 Å². The van der Waals surface area contributed by atoms with Gasteiger partial charge in [0.05, 0.1) is 0 Å². The number of ether oxygens (including phenoxy) is 2. The van der Waals surface area contributed by atoms with Crippen LogP contribution in [0.5, 0.6) is 0 Å². The average Bonchev–Trinajstić information content (AvgIpc) is 2.73. The standard InChI is InChI=1S/C14H21O2Si.3C4H9.Sn/c1-15-12-16-14(10-11-17(2,3)4)13-8-6-5-7-9-13;3*1-3-4-2;/h5-9,11,14H,12H2,1-4H3;3*1,3-4H2,2H3;. The molecule has 0 saturated heterocycles. The van der Waals surface area contributed by atoms with Crippen molar-refractivity contribution in [3.8, 4) is 0 Å².